The molecule has 0 aromatic heterocycles. The highest BCUT2D eigenvalue weighted by Gasteiger charge is 2.20. The molecule has 1 atom stereocenters. The van der Waals surface area contributed by atoms with Crippen molar-refractivity contribution in [3.63, 3.8) is 0 Å². The molecule has 1 unspecified atom stereocenters. The topological polar surface area (TPSA) is 81.3 Å². The normalized spacial score (nSPS) is 11.8. The van der Waals surface area contributed by atoms with Gasteiger partial charge < -0.3 is 10.2 Å². The Morgan fingerprint density at radius 1 is 1.56 bits per heavy atom. The molecule has 1 rings (SSSR count). The smallest absolute Gasteiger partial charge is 0.337 e. The molecule has 84 valence electrons. The van der Waals surface area contributed by atoms with Gasteiger partial charge in [-0.2, -0.15) is 5.26 Å². The van der Waals surface area contributed by atoms with Crippen molar-refractivity contribution in [3.05, 3.63) is 34.3 Å². The standard InChI is InChI=1S/C11H10ClNO3/c12-9-7(4-2-6-13)3-1-5-8(9)10(14)11(15)16/h1,3,5,10,14H,2,4H2,(H,15,16). The molecule has 1 aromatic rings. The molecule has 0 amide bonds. The monoisotopic (exact) mass is 239 g/mol. The molecule has 0 aliphatic heterocycles. The molecule has 0 aliphatic rings. The van der Waals surface area contributed by atoms with Crippen molar-refractivity contribution in [2.75, 3.05) is 0 Å². The zero-order valence-corrected chi connectivity index (χ0v) is 9.11. The van der Waals surface area contributed by atoms with Crippen molar-refractivity contribution in [1.82, 2.24) is 0 Å². The van der Waals surface area contributed by atoms with Crippen LogP contribution in [0.15, 0.2) is 18.2 Å². The van der Waals surface area contributed by atoms with Gasteiger partial charge in [0.05, 0.1) is 11.1 Å². The molecule has 0 fully saturated rings. The lowest BCUT2D eigenvalue weighted by Crippen LogP contribution is -2.11. The second-order valence-electron chi connectivity index (χ2n) is 3.22. The van der Waals surface area contributed by atoms with Gasteiger partial charge in [-0.15, -0.1) is 0 Å². The van der Waals surface area contributed by atoms with Gasteiger partial charge in [0, 0.05) is 12.0 Å². The van der Waals surface area contributed by atoms with E-state index in [9.17, 15) is 9.90 Å². The maximum absolute atomic E-state index is 10.6. The van der Waals surface area contributed by atoms with E-state index in [0.717, 1.165) is 0 Å². The number of aliphatic hydroxyl groups is 1. The number of aliphatic carboxylic acids is 1. The number of aliphatic hydroxyl groups excluding tert-OH is 1. The van der Waals surface area contributed by atoms with Crippen LogP contribution in [0.4, 0.5) is 0 Å². The fourth-order valence-corrected chi connectivity index (χ4v) is 1.65. The van der Waals surface area contributed by atoms with Crippen LogP contribution in [0.3, 0.4) is 0 Å². The number of hydrogen-bond acceptors (Lipinski definition) is 3. The van der Waals surface area contributed by atoms with Crippen LogP contribution in [-0.4, -0.2) is 16.2 Å². The van der Waals surface area contributed by atoms with E-state index in [4.69, 9.17) is 22.0 Å². The summed E-state index contributed by atoms with van der Waals surface area (Å²) >= 11 is 5.95. The molecule has 0 saturated carbocycles. The van der Waals surface area contributed by atoms with Gasteiger partial charge in [0.15, 0.2) is 6.10 Å². The summed E-state index contributed by atoms with van der Waals surface area (Å²) in [5.41, 5.74) is 0.825. The van der Waals surface area contributed by atoms with E-state index >= 15 is 0 Å². The van der Waals surface area contributed by atoms with Crippen LogP contribution in [0.5, 0.6) is 0 Å². The number of nitrogens with zero attached hydrogens (tertiary/aromatic N) is 1. The Balaban J connectivity index is 3.04. The van der Waals surface area contributed by atoms with Crippen molar-refractivity contribution < 1.29 is 15.0 Å². The molecule has 0 radical (unpaired) electrons. The first-order chi connectivity index (χ1) is 7.57. The Labute approximate surface area is 97.7 Å². The Bertz CT molecular complexity index is 439. The van der Waals surface area contributed by atoms with E-state index in [2.05, 4.69) is 0 Å². The number of halogens is 1. The third-order valence-corrected chi connectivity index (χ3v) is 2.60. The number of benzene rings is 1. The van der Waals surface area contributed by atoms with Crippen molar-refractivity contribution in [2.24, 2.45) is 0 Å². The maximum Gasteiger partial charge on any atom is 0.337 e. The third kappa shape index (κ3) is 2.72. The lowest BCUT2D eigenvalue weighted by atomic mass is 10.0. The molecule has 0 aliphatic carbocycles. The predicted octanol–water partition coefficient (Wildman–Crippen LogP) is 1.91. The average molecular weight is 240 g/mol. The number of carbonyl (C=O) groups is 1. The van der Waals surface area contributed by atoms with E-state index in [1.54, 1.807) is 12.1 Å². The fraction of sp³-hybridized carbons (Fsp3) is 0.273. The van der Waals surface area contributed by atoms with Gasteiger partial charge in [0.2, 0.25) is 0 Å². The SMILES string of the molecule is N#CCCc1cccc(C(O)C(=O)O)c1Cl. The average Bonchev–Trinajstić information content (AvgIpc) is 2.26. The van der Waals surface area contributed by atoms with Crippen molar-refractivity contribution in [3.8, 4) is 6.07 Å². The maximum atomic E-state index is 10.6. The van der Waals surface area contributed by atoms with Gasteiger partial charge >= 0.3 is 5.97 Å². The lowest BCUT2D eigenvalue weighted by molar-refractivity contribution is -0.146. The van der Waals surface area contributed by atoms with Crippen molar-refractivity contribution in [1.29, 1.82) is 5.26 Å². The molecule has 0 spiro atoms. The summed E-state index contributed by atoms with van der Waals surface area (Å²) in [6.07, 6.45) is -0.892. The van der Waals surface area contributed by atoms with Crippen LogP contribution < -0.4 is 0 Å². The van der Waals surface area contributed by atoms with Crippen LogP contribution in [0.1, 0.15) is 23.7 Å². The molecule has 0 heterocycles. The van der Waals surface area contributed by atoms with Gasteiger partial charge in [-0.05, 0) is 12.0 Å². The minimum atomic E-state index is -1.63. The first-order valence-electron chi connectivity index (χ1n) is 4.63. The van der Waals surface area contributed by atoms with Crippen LogP contribution in [0.25, 0.3) is 0 Å². The Morgan fingerprint density at radius 2 is 2.25 bits per heavy atom. The molecule has 0 bridgehead atoms. The number of aryl methyl sites for hydroxylation is 1. The third-order valence-electron chi connectivity index (χ3n) is 2.14. The summed E-state index contributed by atoms with van der Waals surface area (Å²) in [4.78, 5) is 10.6. The van der Waals surface area contributed by atoms with Gasteiger partial charge in [-0.3, -0.25) is 0 Å². The van der Waals surface area contributed by atoms with Crippen molar-refractivity contribution in [2.45, 2.75) is 18.9 Å². The van der Waals surface area contributed by atoms with Gasteiger partial charge in [0.1, 0.15) is 0 Å². The summed E-state index contributed by atoms with van der Waals surface area (Å²) < 4.78 is 0. The highest BCUT2D eigenvalue weighted by Crippen LogP contribution is 2.27. The molecular formula is C11H10ClNO3. The number of nitriles is 1. The molecular weight excluding hydrogens is 230 g/mol. The minimum Gasteiger partial charge on any atom is -0.479 e. The number of carboxylic acid groups (broad SMARTS) is 1. The minimum absolute atomic E-state index is 0.157. The van der Waals surface area contributed by atoms with Crippen molar-refractivity contribution >= 4 is 17.6 Å². The second kappa shape index (κ2) is 5.50. The van der Waals surface area contributed by atoms with E-state index in [1.165, 1.54) is 6.07 Å². The van der Waals surface area contributed by atoms with Crippen LogP contribution >= 0.6 is 11.6 Å². The zero-order valence-electron chi connectivity index (χ0n) is 8.35. The summed E-state index contributed by atoms with van der Waals surface area (Å²) in [5.74, 6) is -1.35. The van der Waals surface area contributed by atoms with Crippen LogP contribution in [0, 0.1) is 11.3 Å². The number of rotatable bonds is 4. The molecule has 2 N–H and O–H groups in total. The summed E-state index contributed by atoms with van der Waals surface area (Å²) in [6.45, 7) is 0. The molecule has 1 aromatic carbocycles. The predicted molar refractivity (Wildman–Crippen MR) is 58.0 cm³/mol. The Kier molecular flexibility index (Phi) is 4.29. The summed E-state index contributed by atoms with van der Waals surface area (Å²) in [5, 5.41) is 26.7. The highest BCUT2D eigenvalue weighted by atomic mass is 35.5. The van der Waals surface area contributed by atoms with E-state index in [0.29, 0.717) is 18.4 Å². The number of hydrogen-bond donors (Lipinski definition) is 2. The first-order valence-corrected chi connectivity index (χ1v) is 5.00. The summed E-state index contributed by atoms with van der Waals surface area (Å²) in [7, 11) is 0. The molecule has 4 nitrogen and oxygen atoms in total. The molecule has 5 heteroatoms. The summed E-state index contributed by atoms with van der Waals surface area (Å²) in [6, 6.07) is 6.75. The Morgan fingerprint density at radius 3 is 2.81 bits per heavy atom. The zero-order chi connectivity index (χ0) is 12.1. The van der Waals surface area contributed by atoms with E-state index in [-0.39, 0.29) is 10.6 Å². The van der Waals surface area contributed by atoms with Gasteiger partial charge in [-0.25, -0.2) is 4.79 Å². The largest absolute Gasteiger partial charge is 0.479 e. The lowest BCUT2D eigenvalue weighted by Gasteiger charge is -2.11. The van der Waals surface area contributed by atoms with Crippen LogP contribution in [-0.2, 0) is 11.2 Å². The van der Waals surface area contributed by atoms with Crippen LogP contribution in [0.2, 0.25) is 5.02 Å². The van der Waals surface area contributed by atoms with Gasteiger partial charge in [-0.1, -0.05) is 29.8 Å². The second-order valence-corrected chi connectivity index (χ2v) is 3.60. The molecule has 16 heavy (non-hydrogen) atoms. The number of carboxylic acids is 1. The quantitative estimate of drug-likeness (QED) is 0.841. The molecule has 0 saturated heterocycles. The van der Waals surface area contributed by atoms with E-state index in [1.807, 2.05) is 6.07 Å². The van der Waals surface area contributed by atoms with E-state index < -0.39 is 12.1 Å². The first kappa shape index (κ1) is 12.5. The van der Waals surface area contributed by atoms with Gasteiger partial charge in [0.25, 0.3) is 0 Å². The Hall–Kier alpha value is -1.57. The fourth-order valence-electron chi connectivity index (χ4n) is 1.33. The highest BCUT2D eigenvalue weighted by molar-refractivity contribution is 6.32.